The van der Waals surface area contributed by atoms with Crippen molar-refractivity contribution in [1.29, 1.82) is 0 Å². The molecule has 5 rings (SSSR count). The topological polar surface area (TPSA) is 29.4 Å². The molecule has 2 aliphatic rings. The van der Waals surface area contributed by atoms with Gasteiger partial charge in [-0.05, 0) is 51.2 Å². The van der Waals surface area contributed by atoms with Crippen molar-refractivity contribution in [3.63, 3.8) is 0 Å². The molecule has 0 unspecified atom stereocenters. The van der Waals surface area contributed by atoms with Gasteiger partial charge in [-0.1, -0.05) is 36.4 Å². The van der Waals surface area contributed by atoms with Crippen LogP contribution < -0.4 is 10.4 Å². The summed E-state index contributed by atoms with van der Waals surface area (Å²) in [5.74, 6) is 0.0512. The molecule has 0 saturated carbocycles. The number of allylic oxidation sites excluding steroid dienone is 1. The normalized spacial score (nSPS) is 14.8. The van der Waals surface area contributed by atoms with Gasteiger partial charge in [0.05, 0.1) is 5.69 Å². The van der Waals surface area contributed by atoms with Gasteiger partial charge in [-0.2, -0.15) is 0 Å². The first kappa shape index (κ1) is 11.6. The lowest BCUT2D eigenvalue weighted by molar-refractivity contribution is -0.109. The SMILES string of the molecule is O=C1C=Cc2c(ccc3c2ccc2c4c(ccc23)=CC=N4)=C1. The first-order valence-electron chi connectivity index (χ1n) is 7.28. The highest BCUT2D eigenvalue weighted by atomic mass is 16.1. The second kappa shape index (κ2) is 4.01. The quantitative estimate of drug-likeness (QED) is 0.583. The van der Waals surface area contributed by atoms with Crippen molar-refractivity contribution in [3.8, 4) is 0 Å². The molecule has 22 heavy (non-hydrogen) atoms. The molecule has 1 aliphatic carbocycles. The Morgan fingerprint density at radius 1 is 0.727 bits per heavy atom. The summed E-state index contributed by atoms with van der Waals surface area (Å²) >= 11 is 0. The van der Waals surface area contributed by atoms with E-state index in [0.29, 0.717) is 0 Å². The number of ketones is 1. The van der Waals surface area contributed by atoms with Crippen molar-refractivity contribution in [2.75, 3.05) is 0 Å². The summed E-state index contributed by atoms with van der Waals surface area (Å²) in [5.41, 5.74) is 2.17. The Bertz CT molecular complexity index is 1180. The Hall–Kier alpha value is -3.00. The van der Waals surface area contributed by atoms with E-state index in [1.54, 1.807) is 12.2 Å². The van der Waals surface area contributed by atoms with Crippen LogP contribution >= 0.6 is 0 Å². The van der Waals surface area contributed by atoms with Gasteiger partial charge in [0.2, 0.25) is 0 Å². The van der Waals surface area contributed by atoms with Gasteiger partial charge in [0.25, 0.3) is 0 Å². The number of nitrogens with zero attached hydrogens (tertiary/aromatic N) is 1. The van der Waals surface area contributed by atoms with E-state index in [0.717, 1.165) is 16.5 Å². The summed E-state index contributed by atoms with van der Waals surface area (Å²) in [6, 6.07) is 12.7. The highest BCUT2D eigenvalue weighted by molar-refractivity contribution is 6.20. The van der Waals surface area contributed by atoms with E-state index < -0.39 is 0 Å². The molecule has 2 heteroatoms. The number of carbonyl (C=O) groups is 1. The van der Waals surface area contributed by atoms with Crippen LogP contribution in [-0.2, 0) is 4.79 Å². The van der Waals surface area contributed by atoms with E-state index in [4.69, 9.17) is 0 Å². The summed E-state index contributed by atoms with van der Waals surface area (Å²) < 4.78 is 0. The fourth-order valence-corrected chi connectivity index (χ4v) is 3.41. The summed E-state index contributed by atoms with van der Waals surface area (Å²) in [6.07, 6.45) is 9.14. The maximum Gasteiger partial charge on any atom is 0.179 e. The molecule has 0 saturated heterocycles. The van der Waals surface area contributed by atoms with Crippen LogP contribution in [0.15, 0.2) is 47.5 Å². The van der Waals surface area contributed by atoms with Crippen molar-refractivity contribution < 1.29 is 4.79 Å². The Morgan fingerprint density at radius 2 is 1.45 bits per heavy atom. The molecule has 102 valence electrons. The standard InChI is InChI=1S/C20H11NO/c22-14-3-6-15-13(11-14)2-5-17-16(15)7-8-19-18(17)4-1-12-9-10-21-20(12)19/h1-11H. The first-order valence-corrected chi connectivity index (χ1v) is 7.28. The first-order chi connectivity index (χ1) is 10.8. The van der Waals surface area contributed by atoms with Gasteiger partial charge in [-0.3, -0.25) is 9.79 Å². The van der Waals surface area contributed by atoms with Gasteiger partial charge in [0, 0.05) is 16.8 Å². The zero-order valence-electron chi connectivity index (χ0n) is 11.7. The maximum absolute atomic E-state index is 11.5. The average Bonchev–Trinajstić information content (AvgIpc) is 3.02. The molecular weight excluding hydrogens is 270 g/mol. The number of rotatable bonds is 0. The molecular formula is C20H11NO. The van der Waals surface area contributed by atoms with Crippen LogP contribution in [0.5, 0.6) is 0 Å². The number of aliphatic imine (C=N–C) groups is 1. The predicted molar refractivity (Wildman–Crippen MR) is 91.8 cm³/mol. The third-order valence-electron chi connectivity index (χ3n) is 4.45. The molecule has 0 bridgehead atoms. The molecule has 3 aromatic carbocycles. The van der Waals surface area contributed by atoms with Gasteiger partial charge in [0.1, 0.15) is 0 Å². The molecule has 2 nitrogen and oxygen atoms in total. The van der Waals surface area contributed by atoms with E-state index in [1.165, 1.54) is 26.8 Å². The Morgan fingerprint density at radius 3 is 2.36 bits per heavy atom. The molecule has 0 fully saturated rings. The van der Waals surface area contributed by atoms with Crippen LogP contribution in [0, 0.1) is 0 Å². The third kappa shape index (κ3) is 1.44. The van der Waals surface area contributed by atoms with Crippen LogP contribution in [0.2, 0.25) is 0 Å². The number of hydrogen-bond donors (Lipinski definition) is 0. The summed E-state index contributed by atoms with van der Waals surface area (Å²) in [4.78, 5) is 16.0. The zero-order valence-corrected chi connectivity index (χ0v) is 11.7. The molecule has 0 N–H and O–H groups in total. The van der Waals surface area contributed by atoms with Crippen molar-refractivity contribution in [2.45, 2.75) is 0 Å². The second-order valence-electron chi connectivity index (χ2n) is 5.65. The monoisotopic (exact) mass is 281 g/mol. The third-order valence-corrected chi connectivity index (χ3v) is 4.45. The Balaban J connectivity index is 1.99. The Kier molecular flexibility index (Phi) is 2.12. The number of carbonyl (C=O) groups excluding carboxylic acids is 1. The molecule has 0 spiro atoms. The second-order valence-corrected chi connectivity index (χ2v) is 5.65. The van der Waals surface area contributed by atoms with Crippen LogP contribution in [0.1, 0.15) is 5.56 Å². The predicted octanol–water partition coefficient (Wildman–Crippen LogP) is 2.87. The number of hydrogen-bond acceptors (Lipinski definition) is 2. The largest absolute Gasteiger partial charge is 0.290 e. The van der Waals surface area contributed by atoms with Gasteiger partial charge < -0.3 is 0 Å². The van der Waals surface area contributed by atoms with Crippen molar-refractivity contribution in [3.05, 3.63) is 58.5 Å². The van der Waals surface area contributed by atoms with Crippen molar-refractivity contribution in [1.82, 2.24) is 0 Å². The van der Waals surface area contributed by atoms with Crippen LogP contribution in [-0.4, -0.2) is 12.0 Å². The van der Waals surface area contributed by atoms with Crippen LogP contribution in [0.4, 0.5) is 5.69 Å². The van der Waals surface area contributed by atoms with E-state index in [2.05, 4.69) is 35.3 Å². The summed E-state index contributed by atoms with van der Waals surface area (Å²) in [5, 5.41) is 6.92. The minimum atomic E-state index is 0.0512. The number of fused-ring (bicyclic) bond motifs is 7. The fraction of sp³-hybridized carbons (Fsp3) is 0. The number of benzene rings is 3. The summed E-state index contributed by atoms with van der Waals surface area (Å²) in [6.45, 7) is 0. The molecule has 3 aromatic rings. The van der Waals surface area contributed by atoms with E-state index in [9.17, 15) is 4.79 Å². The summed E-state index contributed by atoms with van der Waals surface area (Å²) in [7, 11) is 0. The highest BCUT2D eigenvalue weighted by Gasteiger charge is 2.11. The van der Waals surface area contributed by atoms with Crippen molar-refractivity contribution >= 4 is 57.5 Å². The van der Waals surface area contributed by atoms with E-state index in [-0.39, 0.29) is 5.78 Å². The van der Waals surface area contributed by atoms with Crippen LogP contribution in [0.3, 0.4) is 0 Å². The van der Waals surface area contributed by atoms with E-state index >= 15 is 0 Å². The van der Waals surface area contributed by atoms with Crippen LogP contribution in [0.25, 0.3) is 39.8 Å². The molecule has 0 aromatic heterocycles. The lowest BCUT2D eigenvalue weighted by Gasteiger charge is -2.10. The average molecular weight is 281 g/mol. The minimum Gasteiger partial charge on any atom is -0.290 e. The molecule has 1 aliphatic heterocycles. The Labute approximate surface area is 126 Å². The maximum atomic E-state index is 11.5. The zero-order chi connectivity index (χ0) is 14.7. The van der Waals surface area contributed by atoms with Gasteiger partial charge in [0.15, 0.2) is 5.78 Å². The lowest BCUT2D eigenvalue weighted by atomic mass is 9.94. The van der Waals surface area contributed by atoms with Crippen molar-refractivity contribution in [2.24, 2.45) is 4.99 Å². The fourth-order valence-electron chi connectivity index (χ4n) is 3.41. The smallest absolute Gasteiger partial charge is 0.179 e. The van der Waals surface area contributed by atoms with Gasteiger partial charge >= 0.3 is 0 Å². The lowest BCUT2D eigenvalue weighted by Crippen LogP contribution is -2.12. The highest BCUT2D eigenvalue weighted by Crippen LogP contribution is 2.31. The van der Waals surface area contributed by atoms with E-state index in [1.807, 2.05) is 24.4 Å². The molecule has 0 radical (unpaired) electrons. The minimum absolute atomic E-state index is 0.0512. The molecule has 0 amide bonds. The molecule has 0 atom stereocenters. The van der Waals surface area contributed by atoms with Gasteiger partial charge in [-0.15, -0.1) is 0 Å². The molecule has 1 heterocycles. The van der Waals surface area contributed by atoms with Gasteiger partial charge in [-0.25, -0.2) is 0 Å².